The fraction of sp³-hybridized carbons (Fsp3) is 0. The minimum atomic E-state index is -3.48. The fourth-order valence-corrected chi connectivity index (χ4v) is 4.06. The molecule has 1 amide bonds. The van der Waals surface area contributed by atoms with E-state index >= 15 is 0 Å². The number of benzene rings is 1. The summed E-state index contributed by atoms with van der Waals surface area (Å²) in [4.78, 5) is 19.7. The SMILES string of the molecule is N#CC(=Cc1c[nH]c2ncccc12)C(=O)Nc1ccc2c(c1)S(=O)(=O)C=C2. The second-order valence-electron chi connectivity index (χ2n) is 5.87. The van der Waals surface area contributed by atoms with Gasteiger partial charge in [-0.15, -0.1) is 0 Å². The zero-order valence-electron chi connectivity index (χ0n) is 13.8. The van der Waals surface area contributed by atoms with Crippen LogP contribution in [0.15, 0.2) is 58.6 Å². The minimum absolute atomic E-state index is 0.110. The topological polar surface area (TPSA) is 116 Å². The third kappa shape index (κ3) is 3.01. The molecule has 0 aliphatic carbocycles. The highest BCUT2D eigenvalue weighted by atomic mass is 32.2. The number of nitriles is 1. The van der Waals surface area contributed by atoms with Crippen LogP contribution in [-0.4, -0.2) is 24.3 Å². The molecule has 0 fully saturated rings. The number of hydrogen-bond acceptors (Lipinski definition) is 5. The number of fused-ring (bicyclic) bond motifs is 2. The zero-order chi connectivity index (χ0) is 19.0. The first-order chi connectivity index (χ1) is 13.0. The predicted octanol–water partition coefficient (Wildman–Crippen LogP) is 2.87. The van der Waals surface area contributed by atoms with Crippen LogP contribution < -0.4 is 5.32 Å². The Morgan fingerprint density at radius 1 is 1.30 bits per heavy atom. The molecule has 3 aromatic rings. The number of H-pyrrole nitrogens is 1. The van der Waals surface area contributed by atoms with E-state index in [4.69, 9.17) is 0 Å². The van der Waals surface area contributed by atoms with Gasteiger partial charge in [-0.05, 0) is 42.0 Å². The van der Waals surface area contributed by atoms with Crippen molar-refractivity contribution in [3.05, 3.63) is 64.8 Å². The van der Waals surface area contributed by atoms with Gasteiger partial charge in [0.05, 0.1) is 4.90 Å². The molecule has 0 saturated heterocycles. The lowest BCUT2D eigenvalue weighted by molar-refractivity contribution is -0.112. The summed E-state index contributed by atoms with van der Waals surface area (Å²) in [5.74, 6) is -0.626. The summed E-state index contributed by atoms with van der Waals surface area (Å²) in [6.45, 7) is 0. The monoisotopic (exact) mass is 376 g/mol. The van der Waals surface area contributed by atoms with Crippen molar-refractivity contribution in [2.24, 2.45) is 0 Å². The fourth-order valence-electron chi connectivity index (χ4n) is 2.83. The first kappa shape index (κ1) is 16.8. The van der Waals surface area contributed by atoms with Gasteiger partial charge in [-0.25, -0.2) is 13.4 Å². The van der Waals surface area contributed by atoms with Crippen LogP contribution in [0.5, 0.6) is 0 Å². The Balaban J connectivity index is 1.63. The first-order valence-corrected chi connectivity index (χ1v) is 9.45. The molecule has 0 spiro atoms. The van der Waals surface area contributed by atoms with Gasteiger partial charge in [-0.2, -0.15) is 5.26 Å². The lowest BCUT2D eigenvalue weighted by atomic mass is 10.1. The molecule has 132 valence electrons. The van der Waals surface area contributed by atoms with Gasteiger partial charge in [0.15, 0.2) is 0 Å². The van der Waals surface area contributed by atoms with Gasteiger partial charge < -0.3 is 10.3 Å². The van der Waals surface area contributed by atoms with E-state index in [1.54, 1.807) is 30.6 Å². The summed E-state index contributed by atoms with van der Waals surface area (Å²) in [6, 6.07) is 10.0. The molecule has 1 aliphatic rings. The van der Waals surface area contributed by atoms with Crippen LogP contribution in [0.1, 0.15) is 11.1 Å². The maximum absolute atomic E-state index is 12.5. The van der Waals surface area contributed by atoms with E-state index in [0.29, 0.717) is 22.5 Å². The maximum atomic E-state index is 12.5. The van der Waals surface area contributed by atoms with Crippen molar-refractivity contribution in [1.29, 1.82) is 5.26 Å². The van der Waals surface area contributed by atoms with Crippen LogP contribution in [0.4, 0.5) is 5.69 Å². The van der Waals surface area contributed by atoms with E-state index in [-0.39, 0.29) is 10.5 Å². The minimum Gasteiger partial charge on any atom is -0.346 e. The normalized spacial score (nSPS) is 14.7. The number of nitrogens with zero attached hydrogens (tertiary/aromatic N) is 2. The quantitative estimate of drug-likeness (QED) is 0.539. The second kappa shape index (κ2) is 6.23. The average Bonchev–Trinajstić information content (AvgIpc) is 3.20. The highest BCUT2D eigenvalue weighted by Crippen LogP contribution is 2.29. The first-order valence-electron chi connectivity index (χ1n) is 7.90. The van der Waals surface area contributed by atoms with Crippen LogP contribution in [-0.2, 0) is 14.6 Å². The molecule has 8 heteroatoms. The summed E-state index contributed by atoms with van der Waals surface area (Å²) < 4.78 is 23.9. The molecule has 0 saturated carbocycles. The van der Waals surface area contributed by atoms with Gasteiger partial charge in [0.25, 0.3) is 5.91 Å². The summed E-state index contributed by atoms with van der Waals surface area (Å²) in [6.07, 6.45) is 6.26. The van der Waals surface area contributed by atoms with Crippen LogP contribution in [0.3, 0.4) is 0 Å². The molecule has 4 rings (SSSR count). The van der Waals surface area contributed by atoms with E-state index < -0.39 is 15.7 Å². The molecule has 1 aliphatic heterocycles. The Morgan fingerprint density at radius 3 is 2.96 bits per heavy atom. The van der Waals surface area contributed by atoms with Crippen molar-refractivity contribution in [1.82, 2.24) is 9.97 Å². The number of anilines is 1. The van der Waals surface area contributed by atoms with Crippen molar-refractivity contribution in [3.8, 4) is 6.07 Å². The van der Waals surface area contributed by atoms with Gasteiger partial charge in [-0.3, -0.25) is 4.79 Å². The zero-order valence-corrected chi connectivity index (χ0v) is 14.6. The smallest absolute Gasteiger partial charge is 0.266 e. The number of amides is 1. The van der Waals surface area contributed by atoms with Gasteiger partial charge in [0.2, 0.25) is 9.84 Å². The average molecular weight is 376 g/mol. The molecule has 0 bridgehead atoms. The number of rotatable bonds is 3. The largest absolute Gasteiger partial charge is 0.346 e. The van der Waals surface area contributed by atoms with Gasteiger partial charge >= 0.3 is 0 Å². The molecule has 27 heavy (non-hydrogen) atoms. The van der Waals surface area contributed by atoms with Crippen molar-refractivity contribution in [3.63, 3.8) is 0 Å². The number of pyridine rings is 1. The Bertz CT molecular complexity index is 1290. The number of carbonyl (C=O) groups excluding carboxylic acids is 1. The number of carbonyl (C=O) groups is 1. The molecule has 0 unspecified atom stereocenters. The van der Waals surface area contributed by atoms with E-state index in [2.05, 4.69) is 15.3 Å². The highest BCUT2D eigenvalue weighted by molar-refractivity contribution is 7.94. The van der Waals surface area contributed by atoms with Crippen LogP contribution in [0, 0.1) is 11.3 Å². The van der Waals surface area contributed by atoms with E-state index in [0.717, 1.165) is 10.8 Å². The van der Waals surface area contributed by atoms with Crippen molar-refractivity contribution < 1.29 is 13.2 Å². The van der Waals surface area contributed by atoms with Crippen molar-refractivity contribution in [2.75, 3.05) is 5.32 Å². The summed E-state index contributed by atoms with van der Waals surface area (Å²) in [5, 5.41) is 13.9. The van der Waals surface area contributed by atoms with Gasteiger partial charge in [-0.1, -0.05) is 6.07 Å². The highest BCUT2D eigenvalue weighted by Gasteiger charge is 2.21. The lowest BCUT2D eigenvalue weighted by Gasteiger charge is -2.06. The lowest BCUT2D eigenvalue weighted by Crippen LogP contribution is -2.13. The van der Waals surface area contributed by atoms with Gasteiger partial charge in [0.1, 0.15) is 17.3 Å². The van der Waals surface area contributed by atoms with Crippen molar-refractivity contribution in [2.45, 2.75) is 4.90 Å². The van der Waals surface area contributed by atoms with Crippen LogP contribution in [0.25, 0.3) is 23.2 Å². The third-order valence-corrected chi connectivity index (χ3v) is 5.61. The molecule has 3 heterocycles. The molecule has 0 radical (unpaired) electrons. The molecule has 7 nitrogen and oxygen atoms in total. The predicted molar refractivity (Wildman–Crippen MR) is 101 cm³/mol. The van der Waals surface area contributed by atoms with E-state index in [9.17, 15) is 18.5 Å². The standard InChI is InChI=1S/C19H12N4O3S/c20-10-13(8-14-11-22-18-16(14)2-1-6-21-18)19(24)23-15-4-3-12-5-7-27(25,26)17(12)9-15/h1-9,11H,(H,21,22)(H,23,24). The number of nitrogens with one attached hydrogen (secondary N) is 2. The Kier molecular flexibility index (Phi) is 3.86. The molecule has 0 atom stereocenters. The third-order valence-electron chi connectivity index (χ3n) is 4.15. The van der Waals surface area contributed by atoms with E-state index in [1.807, 2.05) is 12.1 Å². The van der Waals surface area contributed by atoms with Gasteiger partial charge in [0, 0.05) is 34.4 Å². The van der Waals surface area contributed by atoms with E-state index in [1.165, 1.54) is 18.2 Å². The molecule has 2 aromatic heterocycles. The molecular weight excluding hydrogens is 364 g/mol. The number of hydrogen-bond donors (Lipinski definition) is 2. The van der Waals surface area contributed by atoms with Crippen molar-refractivity contribution >= 4 is 44.6 Å². The van der Waals surface area contributed by atoms with Crippen LogP contribution in [0.2, 0.25) is 0 Å². The number of sulfone groups is 1. The maximum Gasteiger partial charge on any atom is 0.266 e. The summed E-state index contributed by atoms with van der Waals surface area (Å²) in [7, 11) is -3.48. The molecule has 2 N–H and O–H groups in total. The second-order valence-corrected chi connectivity index (χ2v) is 7.67. The Morgan fingerprint density at radius 2 is 2.15 bits per heavy atom. The number of aromatic amines is 1. The van der Waals surface area contributed by atoms with Crippen LogP contribution >= 0.6 is 0 Å². The summed E-state index contributed by atoms with van der Waals surface area (Å²) >= 11 is 0. The number of aromatic nitrogens is 2. The summed E-state index contributed by atoms with van der Waals surface area (Å²) in [5.41, 5.74) is 2.06. The Labute approximate surface area is 154 Å². The molecular formula is C19H12N4O3S. The Hall–Kier alpha value is -3.70. The molecule has 1 aromatic carbocycles.